The Morgan fingerprint density at radius 1 is 1.17 bits per heavy atom. The molecule has 0 amide bonds. The first-order valence-electron chi connectivity index (χ1n) is 6.32. The number of fused-ring (bicyclic) bond motifs is 1. The molecule has 0 radical (unpaired) electrons. The molecule has 90 valence electrons. The minimum Gasteiger partial charge on any atom is -0.353 e. The monoisotopic (exact) mass is 236 g/mol. The lowest BCUT2D eigenvalue weighted by Crippen LogP contribution is -1.88. The van der Waals surface area contributed by atoms with E-state index < -0.39 is 0 Å². The predicted molar refractivity (Wildman–Crippen MR) is 75.6 cm³/mol. The molecule has 0 saturated heterocycles. The number of nitrogens with one attached hydrogen (secondary N) is 1. The average molecular weight is 236 g/mol. The molecule has 0 spiro atoms. The molecule has 1 N–H and O–H groups in total. The van der Waals surface area contributed by atoms with Gasteiger partial charge in [0.05, 0.1) is 11.4 Å². The Hall–Kier alpha value is -2.09. The fraction of sp³-hybridized carbons (Fsp3) is 0.188. The van der Waals surface area contributed by atoms with Gasteiger partial charge in [-0.3, -0.25) is 4.98 Å². The van der Waals surface area contributed by atoms with Crippen molar-refractivity contribution in [2.75, 3.05) is 0 Å². The number of aryl methyl sites for hydroxylation is 2. The zero-order valence-electron chi connectivity index (χ0n) is 10.7. The molecular weight excluding hydrogens is 220 g/mol. The van der Waals surface area contributed by atoms with Crippen LogP contribution in [-0.2, 0) is 6.42 Å². The number of benzene rings is 1. The Balaban J connectivity index is 2.28. The topological polar surface area (TPSA) is 28.7 Å². The van der Waals surface area contributed by atoms with Gasteiger partial charge in [-0.2, -0.15) is 0 Å². The Kier molecular flexibility index (Phi) is 2.63. The molecule has 0 aliphatic rings. The van der Waals surface area contributed by atoms with Crippen molar-refractivity contribution in [2.45, 2.75) is 20.3 Å². The van der Waals surface area contributed by atoms with Crippen LogP contribution in [0.4, 0.5) is 0 Å². The third-order valence-electron chi connectivity index (χ3n) is 3.34. The number of para-hydroxylation sites is 1. The van der Waals surface area contributed by atoms with Crippen LogP contribution >= 0.6 is 0 Å². The first-order valence-corrected chi connectivity index (χ1v) is 6.32. The predicted octanol–water partition coefficient (Wildman–Crippen LogP) is 4.10. The number of hydrogen-bond acceptors (Lipinski definition) is 1. The summed E-state index contributed by atoms with van der Waals surface area (Å²) in [5.74, 6) is 0. The smallest absolute Gasteiger partial charge is 0.0870 e. The summed E-state index contributed by atoms with van der Waals surface area (Å²) < 4.78 is 0. The van der Waals surface area contributed by atoms with Gasteiger partial charge in [-0.1, -0.05) is 25.1 Å². The van der Waals surface area contributed by atoms with Crippen LogP contribution in [0.2, 0.25) is 0 Å². The van der Waals surface area contributed by atoms with Crippen molar-refractivity contribution < 1.29 is 0 Å². The molecule has 2 aromatic heterocycles. The lowest BCUT2D eigenvalue weighted by Gasteiger charge is -2.02. The summed E-state index contributed by atoms with van der Waals surface area (Å²) >= 11 is 0. The van der Waals surface area contributed by atoms with Gasteiger partial charge < -0.3 is 4.98 Å². The third kappa shape index (κ3) is 1.70. The number of aromatic amines is 1. The van der Waals surface area contributed by atoms with Crippen molar-refractivity contribution >= 4 is 10.9 Å². The Morgan fingerprint density at radius 2 is 2.00 bits per heavy atom. The number of aromatic nitrogens is 2. The van der Waals surface area contributed by atoms with Gasteiger partial charge in [0.15, 0.2) is 0 Å². The second-order valence-corrected chi connectivity index (χ2v) is 4.60. The maximum absolute atomic E-state index is 4.48. The maximum atomic E-state index is 4.48. The Morgan fingerprint density at radius 3 is 2.78 bits per heavy atom. The normalized spacial score (nSPS) is 11.0. The molecule has 18 heavy (non-hydrogen) atoms. The van der Waals surface area contributed by atoms with Gasteiger partial charge in [0.1, 0.15) is 0 Å². The van der Waals surface area contributed by atoms with Gasteiger partial charge in [0.25, 0.3) is 0 Å². The summed E-state index contributed by atoms with van der Waals surface area (Å²) in [6, 6.07) is 12.6. The number of pyridine rings is 1. The first kappa shape index (κ1) is 11.0. The van der Waals surface area contributed by atoms with E-state index in [4.69, 9.17) is 0 Å². The molecule has 0 fully saturated rings. The first-order chi connectivity index (χ1) is 8.79. The maximum Gasteiger partial charge on any atom is 0.0870 e. The molecule has 0 bridgehead atoms. The van der Waals surface area contributed by atoms with E-state index in [-0.39, 0.29) is 0 Å². The van der Waals surface area contributed by atoms with Crippen LogP contribution in [0.3, 0.4) is 0 Å². The molecule has 0 unspecified atom stereocenters. The largest absolute Gasteiger partial charge is 0.353 e. The van der Waals surface area contributed by atoms with E-state index in [2.05, 4.69) is 54.1 Å². The average Bonchev–Trinajstić information content (AvgIpc) is 2.77. The van der Waals surface area contributed by atoms with Crippen molar-refractivity contribution in [1.29, 1.82) is 0 Å². The summed E-state index contributed by atoms with van der Waals surface area (Å²) in [5.41, 5.74) is 5.96. The van der Waals surface area contributed by atoms with E-state index in [0.717, 1.165) is 17.8 Å². The van der Waals surface area contributed by atoms with Crippen molar-refractivity contribution in [2.24, 2.45) is 0 Å². The van der Waals surface area contributed by atoms with E-state index in [9.17, 15) is 0 Å². The number of hydrogen-bond donors (Lipinski definition) is 1. The van der Waals surface area contributed by atoms with Crippen molar-refractivity contribution in [3.63, 3.8) is 0 Å². The van der Waals surface area contributed by atoms with E-state index in [1.807, 2.05) is 12.3 Å². The van der Waals surface area contributed by atoms with Crippen LogP contribution in [0.5, 0.6) is 0 Å². The third-order valence-corrected chi connectivity index (χ3v) is 3.34. The summed E-state index contributed by atoms with van der Waals surface area (Å²) in [5, 5.41) is 1.30. The van der Waals surface area contributed by atoms with Crippen LogP contribution in [0.15, 0.2) is 42.6 Å². The molecule has 1 aromatic carbocycles. The number of nitrogens with zero attached hydrogens (tertiary/aromatic N) is 1. The minimum atomic E-state index is 1.01. The zero-order valence-corrected chi connectivity index (χ0v) is 10.7. The molecule has 2 nitrogen and oxygen atoms in total. The van der Waals surface area contributed by atoms with E-state index in [0.29, 0.717) is 0 Å². The number of rotatable bonds is 2. The van der Waals surface area contributed by atoms with Crippen LogP contribution in [0.1, 0.15) is 18.1 Å². The van der Waals surface area contributed by atoms with Gasteiger partial charge in [-0.15, -0.1) is 0 Å². The quantitative estimate of drug-likeness (QED) is 0.713. The fourth-order valence-corrected chi connectivity index (χ4v) is 2.46. The SMILES string of the molecule is CCc1c(-c2cc(C)ccn2)[nH]c2ccccc12. The fourth-order valence-electron chi connectivity index (χ4n) is 2.46. The molecule has 2 heteroatoms. The van der Waals surface area contributed by atoms with Gasteiger partial charge in [0.2, 0.25) is 0 Å². The standard InChI is InChI=1S/C16H16N2/c1-3-12-13-6-4-5-7-14(13)18-16(12)15-10-11(2)8-9-17-15/h4-10,18H,3H2,1-2H3. The zero-order chi connectivity index (χ0) is 12.5. The Bertz CT molecular complexity index is 695. The Labute approximate surface area is 107 Å². The van der Waals surface area contributed by atoms with E-state index in [1.165, 1.54) is 22.0 Å². The molecular formula is C16H16N2. The van der Waals surface area contributed by atoms with Crippen LogP contribution < -0.4 is 0 Å². The van der Waals surface area contributed by atoms with Crippen molar-refractivity contribution in [3.8, 4) is 11.4 Å². The summed E-state index contributed by atoms with van der Waals surface area (Å²) in [4.78, 5) is 7.98. The highest BCUT2D eigenvalue weighted by atomic mass is 14.8. The summed E-state index contributed by atoms with van der Waals surface area (Å²) in [6.45, 7) is 4.29. The van der Waals surface area contributed by atoms with Crippen LogP contribution in [0.25, 0.3) is 22.3 Å². The highest BCUT2D eigenvalue weighted by molar-refractivity contribution is 5.90. The molecule has 3 aromatic rings. The summed E-state index contributed by atoms with van der Waals surface area (Å²) in [7, 11) is 0. The summed E-state index contributed by atoms with van der Waals surface area (Å²) in [6.07, 6.45) is 2.88. The minimum absolute atomic E-state index is 1.01. The van der Waals surface area contributed by atoms with E-state index in [1.54, 1.807) is 0 Å². The lowest BCUT2D eigenvalue weighted by molar-refractivity contribution is 1.14. The van der Waals surface area contributed by atoms with Crippen LogP contribution in [-0.4, -0.2) is 9.97 Å². The molecule has 0 aliphatic heterocycles. The van der Waals surface area contributed by atoms with Gasteiger partial charge >= 0.3 is 0 Å². The second kappa shape index (κ2) is 4.30. The van der Waals surface area contributed by atoms with Gasteiger partial charge in [-0.25, -0.2) is 0 Å². The molecule has 0 atom stereocenters. The van der Waals surface area contributed by atoms with Gasteiger partial charge in [-0.05, 0) is 42.7 Å². The molecule has 3 rings (SSSR count). The van der Waals surface area contributed by atoms with Crippen molar-refractivity contribution in [1.82, 2.24) is 9.97 Å². The number of H-pyrrole nitrogens is 1. The second-order valence-electron chi connectivity index (χ2n) is 4.60. The highest BCUT2D eigenvalue weighted by Gasteiger charge is 2.11. The lowest BCUT2D eigenvalue weighted by atomic mass is 10.1. The molecule has 0 saturated carbocycles. The highest BCUT2D eigenvalue weighted by Crippen LogP contribution is 2.29. The van der Waals surface area contributed by atoms with E-state index >= 15 is 0 Å². The van der Waals surface area contributed by atoms with Crippen LogP contribution in [0, 0.1) is 6.92 Å². The molecule has 2 heterocycles. The molecule has 0 aliphatic carbocycles. The van der Waals surface area contributed by atoms with Gasteiger partial charge in [0, 0.05) is 17.1 Å². The van der Waals surface area contributed by atoms with Crippen molar-refractivity contribution in [3.05, 3.63) is 53.7 Å².